The molecule has 1 rings (SSSR count). The van der Waals surface area contributed by atoms with Crippen molar-refractivity contribution in [3.05, 3.63) is 6.20 Å². The van der Waals surface area contributed by atoms with Crippen molar-refractivity contribution in [1.82, 2.24) is 14.5 Å². The molecule has 0 saturated heterocycles. The molecular formula is C10H20N4O2S. The molecule has 0 spiro atoms. The maximum absolute atomic E-state index is 12.1. The molecule has 17 heavy (non-hydrogen) atoms. The molecule has 1 atom stereocenters. The first-order chi connectivity index (χ1) is 7.90. The monoisotopic (exact) mass is 260 g/mol. The van der Waals surface area contributed by atoms with Gasteiger partial charge in [0.25, 0.3) is 0 Å². The summed E-state index contributed by atoms with van der Waals surface area (Å²) in [5.41, 5.74) is 5.57. The Bertz CT molecular complexity index is 467. The molecule has 0 fully saturated rings. The molecule has 0 saturated carbocycles. The fourth-order valence-corrected chi connectivity index (χ4v) is 3.13. The number of nitrogen functional groups attached to an aromatic ring is 1. The average molecular weight is 260 g/mol. The minimum absolute atomic E-state index is 0.0337. The summed E-state index contributed by atoms with van der Waals surface area (Å²) in [6.45, 7) is 3.98. The van der Waals surface area contributed by atoms with Gasteiger partial charge < -0.3 is 5.73 Å². The summed E-state index contributed by atoms with van der Waals surface area (Å²) in [4.78, 5) is 0.0505. The Kier molecular flexibility index (Phi) is 4.53. The van der Waals surface area contributed by atoms with E-state index in [0.717, 1.165) is 19.3 Å². The number of rotatable bonds is 6. The highest BCUT2D eigenvalue weighted by molar-refractivity contribution is 7.89. The minimum atomic E-state index is -3.56. The van der Waals surface area contributed by atoms with Gasteiger partial charge in [-0.05, 0) is 12.8 Å². The number of aryl methyl sites for hydroxylation is 1. The third-order valence-electron chi connectivity index (χ3n) is 2.56. The van der Waals surface area contributed by atoms with Crippen molar-refractivity contribution < 1.29 is 8.42 Å². The molecular weight excluding hydrogens is 240 g/mol. The first-order valence-electron chi connectivity index (χ1n) is 5.72. The van der Waals surface area contributed by atoms with Gasteiger partial charge in [-0.3, -0.25) is 4.68 Å². The van der Waals surface area contributed by atoms with Gasteiger partial charge in [0, 0.05) is 19.3 Å². The van der Waals surface area contributed by atoms with Crippen LogP contribution in [0.15, 0.2) is 11.1 Å². The highest BCUT2D eigenvalue weighted by Gasteiger charge is 2.23. The summed E-state index contributed by atoms with van der Waals surface area (Å²) in [7, 11) is -1.92. The first-order valence-corrected chi connectivity index (χ1v) is 7.20. The fourth-order valence-electron chi connectivity index (χ4n) is 1.67. The predicted octanol–water partition coefficient (Wildman–Crippen LogP) is 0.859. The molecule has 0 amide bonds. The van der Waals surface area contributed by atoms with E-state index in [1.807, 2.05) is 13.8 Å². The average Bonchev–Trinajstić information content (AvgIpc) is 2.57. The summed E-state index contributed by atoms with van der Waals surface area (Å²) in [6.07, 6.45) is 3.92. The number of sulfonamides is 1. The summed E-state index contributed by atoms with van der Waals surface area (Å²) in [5.74, 6) is 0.0337. The summed E-state index contributed by atoms with van der Waals surface area (Å²) in [5, 5.41) is 3.83. The maximum Gasteiger partial charge on any atom is 0.246 e. The molecule has 7 heteroatoms. The molecule has 0 aliphatic heterocycles. The lowest BCUT2D eigenvalue weighted by molar-refractivity contribution is 0.512. The van der Waals surface area contributed by atoms with E-state index in [-0.39, 0.29) is 16.8 Å². The van der Waals surface area contributed by atoms with Crippen LogP contribution in [0.3, 0.4) is 0 Å². The van der Waals surface area contributed by atoms with Gasteiger partial charge in [-0.15, -0.1) is 0 Å². The van der Waals surface area contributed by atoms with Crippen LogP contribution in [0, 0.1) is 0 Å². The van der Waals surface area contributed by atoms with Gasteiger partial charge in [0.15, 0.2) is 5.82 Å². The Balaban J connectivity index is 2.92. The molecule has 1 aromatic rings. The number of hydrogen-bond acceptors (Lipinski definition) is 4. The van der Waals surface area contributed by atoms with E-state index in [2.05, 4.69) is 9.82 Å². The topological polar surface area (TPSA) is 90.0 Å². The van der Waals surface area contributed by atoms with E-state index in [4.69, 9.17) is 5.73 Å². The normalized spacial score (nSPS) is 13.8. The molecule has 6 nitrogen and oxygen atoms in total. The van der Waals surface area contributed by atoms with Crippen molar-refractivity contribution in [3.63, 3.8) is 0 Å². The van der Waals surface area contributed by atoms with Gasteiger partial charge in [0.2, 0.25) is 10.0 Å². The van der Waals surface area contributed by atoms with E-state index in [1.165, 1.54) is 10.9 Å². The maximum atomic E-state index is 12.1. The number of nitrogens with zero attached hydrogens (tertiary/aromatic N) is 2. The molecule has 1 aromatic heterocycles. The van der Waals surface area contributed by atoms with Crippen molar-refractivity contribution in [2.24, 2.45) is 7.05 Å². The van der Waals surface area contributed by atoms with Crippen LogP contribution in [-0.2, 0) is 17.1 Å². The minimum Gasteiger partial charge on any atom is -0.381 e. The second-order valence-electron chi connectivity index (χ2n) is 4.07. The largest absolute Gasteiger partial charge is 0.381 e. The summed E-state index contributed by atoms with van der Waals surface area (Å²) >= 11 is 0. The molecule has 0 aliphatic rings. The van der Waals surface area contributed by atoms with Crippen LogP contribution in [0.2, 0.25) is 0 Å². The fraction of sp³-hybridized carbons (Fsp3) is 0.700. The molecule has 3 N–H and O–H groups in total. The Morgan fingerprint density at radius 3 is 2.59 bits per heavy atom. The summed E-state index contributed by atoms with van der Waals surface area (Å²) in [6, 6.07) is -0.0513. The Morgan fingerprint density at radius 1 is 1.53 bits per heavy atom. The molecule has 0 bridgehead atoms. The lowest BCUT2D eigenvalue weighted by Crippen LogP contribution is -2.34. The number of nitrogens with two attached hydrogens (primary N) is 1. The second kappa shape index (κ2) is 5.50. The molecule has 0 aromatic carbocycles. The lowest BCUT2D eigenvalue weighted by atomic mass is 10.1. The zero-order chi connectivity index (χ0) is 13.1. The second-order valence-corrected chi connectivity index (χ2v) is 5.75. The van der Waals surface area contributed by atoms with E-state index in [0.29, 0.717) is 0 Å². The van der Waals surface area contributed by atoms with Crippen molar-refractivity contribution in [3.8, 4) is 0 Å². The van der Waals surface area contributed by atoms with E-state index >= 15 is 0 Å². The standard InChI is InChI=1S/C10H20N4O2S/c1-4-6-8(5-2)13-17(15,16)9-7-14(3)12-10(9)11/h7-8,13H,4-6H2,1-3H3,(H2,11,12). The van der Waals surface area contributed by atoms with Crippen molar-refractivity contribution >= 4 is 15.8 Å². The molecule has 1 unspecified atom stereocenters. The van der Waals surface area contributed by atoms with Crippen LogP contribution >= 0.6 is 0 Å². The first kappa shape index (κ1) is 14.0. The van der Waals surface area contributed by atoms with Crippen molar-refractivity contribution in [1.29, 1.82) is 0 Å². The third kappa shape index (κ3) is 3.44. The summed E-state index contributed by atoms with van der Waals surface area (Å²) < 4.78 is 28.2. The Morgan fingerprint density at radius 2 is 2.18 bits per heavy atom. The third-order valence-corrected chi connectivity index (χ3v) is 4.10. The number of hydrogen-bond donors (Lipinski definition) is 2. The molecule has 0 radical (unpaired) electrons. The van der Waals surface area contributed by atoms with Gasteiger partial charge in [-0.2, -0.15) is 5.10 Å². The Hall–Kier alpha value is -1.08. The van der Waals surface area contributed by atoms with Crippen molar-refractivity contribution in [2.75, 3.05) is 5.73 Å². The molecule has 0 aliphatic carbocycles. The zero-order valence-corrected chi connectivity index (χ0v) is 11.3. The molecule has 1 heterocycles. The number of anilines is 1. The highest BCUT2D eigenvalue weighted by Crippen LogP contribution is 2.16. The smallest absolute Gasteiger partial charge is 0.246 e. The van der Waals surface area contributed by atoms with Crippen molar-refractivity contribution in [2.45, 2.75) is 44.0 Å². The number of aromatic nitrogens is 2. The SMILES string of the molecule is CCCC(CC)NS(=O)(=O)c1cn(C)nc1N. The highest BCUT2D eigenvalue weighted by atomic mass is 32.2. The van der Waals surface area contributed by atoms with Gasteiger partial charge in [0.1, 0.15) is 4.90 Å². The Labute approximate surface area is 102 Å². The van der Waals surface area contributed by atoms with Gasteiger partial charge in [-0.1, -0.05) is 20.3 Å². The van der Waals surface area contributed by atoms with Gasteiger partial charge >= 0.3 is 0 Å². The van der Waals surface area contributed by atoms with E-state index < -0.39 is 10.0 Å². The predicted molar refractivity (Wildman–Crippen MR) is 66.9 cm³/mol. The quantitative estimate of drug-likeness (QED) is 0.793. The van der Waals surface area contributed by atoms with E-state index in [1.54, 1.807) is 7.05 Å². The van der Waals surface area contributed by atoms with Crippen LogP contribution < -0.4 is 10.5 Å². The lowest BCUT2D eigenvalue weighted by Gasteiger charge is -2.15. The van der Waals surface area contributed by atoms with Crippen LogP contribution in [0.25, 0.3) is 0 Å². The number of nitrogens with one attached hydrogen (secondary N) is 1. The van der Waals surface area contributed by atoms with Crippen LogP contribution in [0.5, 0.6) is 0 Å². The zero-order valence-electron chi connectivity index (χ0n) is 10.5. The van der Waals surface area contributed by atoms with Crippen LogP contribution in [-0.4, -0.2) is 24.2 Å². The molecule has 98 valence electrons. The van der Waals surface area contributed by atoms with E-state index in [9.17, 15) is 8.42 Å². The van der Waals surface area contributed by atoms with Gasteiger partial charge in [0.05, 0.1) is 0 Å². The van der Waals surface area contributed by atoms with Crippen LogP contribution in [0.1, 0.15) is 33.1 Å². The van der Waals surface area contributed by atoms with Gasteiger partial charge in [-0.25, -0.2) is 13.1 Å². The van der Waals surface area contributed by atoms with Crippen LogP contribution in [0.4, 0.5) is 5.82 Å².